The molecule has 0 aliphatic heterocycles. The first-order chi connectivity index (χ1) is 16.7. The van der Waals surface area contributed by atoms with E-state index in [4.69, 9.17) is 11.6 Å². The van der Waals surface area contributed by atoms with E-state index >= 15 is 0 Å². The number of carbonyl (C=O) groups excluding carboxylic acids is 2. The van der Waals surface area contributed by atoms with Crippen molar-refractivity contribution >= 4 is 39.1 Å². The van der Waals surface area contributed by atoms with E-state index in [2.05, 4.69) is 5.32 Å². The van der Waals surface area contributed by atoms with Crippen LogP contribution < -0.4 is 9.62 Å². The molecule has 1 fully saturated rings. The van der Waals surface area contributed by atoms with E-state index in [0.717, 1.165) is 41.8 Å². The molecule has 2 aromatic rings. The number of hydrogen-bond acceptors (Lipinski definition) is 4. The zero-order chi connectivity index (χ0) is 25.4. The Balaban J connectivity index is 1.88. The van der Waals surface area contributed by atoms with Gasteiger partial charge in [0.25, 0.3) is 0 Å². The predicted molar refractivity (Wildman–Crippen MR) is 140 cm³/mol. The molecule has 0 saturated heterocycles. The van der Waals surface area contributed by atoms with Crippen LogP contribution in [-0.2, 0) is 26.2 Å². The zero-order valence-corrected chi connectivity index (χ0v) is 21.9. The van der Waals surface area contributed by atoms with Gasteiger partial charge >= 0.3 is 0 Å². The van der Waals surface area contributed by atoms with Crippen molar-refractivity contribution in [3.05, 3.63) is 65.2 Å². The second-order valence-electron chi connectivity index (χ2n) is 9.02. The Hall–Kier alpha value is -2.58. The molecule has 0 aromatic heterocycles. The highest BCUT2D eigenvalue weighted by Crippen LogP contribution is 2.21. The molecule has 2 aromatic carbocycles. The molecule has 1 unspecified atom stereocenters. The molecular weight excluding hydrogens is 486 g/mol. The van der Waals surface area contributed by atoms with E-state index in [1.54, 1.807) is 54.6 Å². The summed E-state index contributed by atoms with van der Waals surface area (Å²) in [6, 6.07) is 15.0. The molecule has 7 nitrogen and oxygen atoms in total. The first-order valence-corrected chi connectivity index (χ1v) is 14.3. The van der Waals surface area contributed by atoms with Gasteiger partial charge in [0, 0.05) is 17.6 Å². The van der Waals surface area contributed by atoms with Crippen LogP contribution in [0.25, 0.3) is 0 Å². The number of hydrogen-bond donors (Lipinski definition) is 1. The summed E-state index contributed by atoms with van der Waals surface area (Å²) in [5.41, 5.74) is 1.20. The monoisotopic (exact) mass is 519 g/mol. The van der Waals surface area contributed by atoms with Crippen LogP contribution in [-0.4, -0.2) is 50.0 Å². The average molecular weight is 520 g/mol. The third-order valence-corrected chi connectivity index (χ3v) is 7.72. The predicted octanol–water partition coefficient (Wildman–Crippen LogP) is 4.36. The van der Waals surface area contributed by atoms with Gasteiger partial charge in [-0.1, -0.05) is 68.1 Å². The van der Waals surface area contributed by atoms with Crippen molar-refractivity contribution in [2.24, 2.45) is 0 Å². The molecule has 1 aliphatic rings. The van der Waals surface area contributed by atoms with Crippen LogP contribution in [0.15, 0.2) is 54.6 Å². The van der Waals surface area contributed by atoms with Crippen molar-refractivity contribution in [1.82, 2.24) is 10.2 Å². The topological polar surface area (TPSA) is 86.8 Å². The van der Waals surface area contributed by atoms with Crippen LogP contribution in [0.3, 0.4) is 0 Å². The van der Waals surface area contributed by atoms with Crippen molar-refractivity contribution in [3.8, 4) is 0 Å². The Kier molecular flexibility index (Phi) is 9.57. The van der Waals surface area contributed by atoms with Crippen LogP contribution in [0.5, 0.6) is 0 Å². The van der Waals surface area contributed by atoms with Gasteiger partial charge in [0.05, 0.1) is 11.9 Å². The van der Waals surface area contributed by atoms with Crippen LogP contribution in [0, 0.1) is 0 Å². The lowest BCUT2D eigenvalue weighted by Gasteiger charge is -2.34. The van der Waals surface area contributed by atoms with Gasteiger partial charge in [0.1, 0.15) is 12.6 Å². The number of nitrogens with one attached hydrogen (secondary N) is 1. The molecule has 9 heteroatoms. The second kappa shape index (κ2) is 12.4. The van der Waals surface area contributed by atoms with Gasteiger partial charge in [-0.15, -0.1) is 0 Å². The van der Waals surface area contributed by atoms with E-state index in [0.29, 0.717) is 17.1 Å². The van der Waals surface area contributed by atoms with Crippen LogP contribution in [0.4, 0.5) is 5.69 Å². The maximum Gasteiger partial charge on any atom is 0.244 e. The quantitative estimate of drug-likeness (QED) is 0.505. The number of halogens is 1. The molecule has 1 atom stereocenters. The first kappa shape index (κ1) is 27.0. The third-order valence-electron chi connectivity index (χ3n) is 6.33. The minimum absolute atomic E-state index is 0.106. The van der Waals surface area contributed by atoms with Crippen LogP contribution in [0.1, 0.15) is 51.0 Å². The van der Waals surface area contributed by atoms with Crippen molar-refractivity contribution in [2.75, 3.05) is 17.1 Å². The molecular formula is C26H34ClN3O4S. The number of rotatable bonds is 10. The number of anilines is 1. The smallest absolute Gasteiger partial charge is 0.244 e. The number of nitrogens with zero attached hydrogens (tertiary/aromatic N) is 2. The fourth-order valence-corrected chi connectivity index (χ4v) is 5.43. The Labute approximate surface area is 213 Å². The highest BCUT2D eigenvalue weighted by Gasteiger charge is 2.32. The number of amides is 2. The van der Waals surface area contributed by atoms with E-state index in [1.807, 2.05) is 6.92 Å². The van der Waals surface area contributed by atoms with E-state index < -0.39 is 28.5 Å². The Morgan fingerprint density at radius 2 is 1.66 bits per heavy atom. The lowest BCUT2D eigenvalue weighted by Crippen LogP contribution is -2.53. The summed E-state index contributed by atoms with van der Waals surface area (Å²) in [6.07, 6.45) is 6.68. The van der Waals surface area contributed by atoms with Gasteiger partial charge in [-0.3, -0.25) is 13.9 Å². The lowest BCUT2D eigenvalue weighted by atomic mass is 9.95. The van der Waals surface area contributed by atoms with E-state index in [9.17, 15) is 18.0 Å². The molecule has 0 spiro atoms. The first-order valence-electron chi connectivity index (χ1n) is 12.1. The summed E-state index contributed by atoms with van der Waals surface area (Å²) in [6.45, 7) is 1.63. The summed E-state index contributed by atoms with van der Waals surface area (Å²) >= 11 is 6.03. The van der Waals surface area contributed by atoms with Gasteiger partial charge in [0.15, 0.2) is 0 Å². The minimum Gasteiger partial charge on any atom is -0.352 e. The highest BCUT2D eigenvalue weighted by atomic mass is 35.5. The largest absolute Gasteiger partial charge is 0.352 e. The standard InChI is InChI=1S/C26H34ClN3O4S/c1-3-24(26(32)28-22-10-6-4-7-11-22)29(18-20-14-16-21(27)17-15-20)25(31)19-30(35(2,33)34)23-12-8-5-9-13-23/h5,8-9,12-17,22,24H,3-4,6-7,10-11,18-19H2,1-2H3,(H,28,32). The van der Waals surface area contributed by atoms with Crippen molar-refractivity contribution < 1.29 is 18.0 Å². The zero-order valence-electron chi connectivity index (χ0n) is 20.3. The molecule has 1 aliphatic carbocycles. The molecule has 190 valence electrons. The summed E-state index contributed by atoms with van der Waals surface area (Å²) in [7, 11) is -3.73. The van der Waals surface area contributed by atoms with Crippen LogP contribution >= 0.6 is 11.6 Å². The average Bonchev–Trinajstić information content (AvgIpc) is 2.84. The Bertz CT molecular complexity index is 1090. The summed E-state index contributed by atoms with van der Waals surface area (Å²) in [5.74, 6) is -0.646. The van der Waals surface area contributed by atoms with Gasteiger partial charge in [-0.25, -0.2) is 8.42 Å². The minimum atomic E-state index is -3.73. The molecule has 1 N–H and O–H groups in total. The number of sulfonamides is 1. The van der Waals surface area contributed by atoms with Gasteiger partial charge in [-0.05, 0) is 49.1 Å². The maximum atomic E-state index is 13.7. The van der Waals surface area contributed by atoms with Gasteiger partial charge in [0.2, 0.25) is 21.8 Å². The molecule has 1 saturated carbocycles. The van der Waals surface area contributed by atoms with Crippen LogP contribution in [0.2, 0.25) is 5.02 Å². The SMILES string of the molecule is CCC(C(=O)NC1CCCCC1)N(Cc1ccc(Cl)cc1)C(=O)CN(c1ccccc1)S(C)(=O)=O. The number of benzene rings is 2. The van der Waals surface area contributed by atoms with Gasteiger partial charge in [-0.2, -0.15) is 0 Å². The van der Waals surface area contributed by atoms with Gasteiger partial charge < -0.3 is 10.2 Å². The second-order valence-corrected chi connectivity index (χ2v) is 11.4. The Morgan fingerprint density at radius 3 is 2.23 bits per heavy atom. The maximum absolute atomic E-state index is 13.7. The van der Waals surface area contributed by atoms with Crippen molar-refractivity contribution in [1.29, 1.82) is 0 Å². The Morgan fingerprint density at radius 1 is 1.03 bits per heavy atom. The fourth-order valence-electron chi connectivity index (χ4n) is 4.46. The molecule has 0 heterocycles. The number of carbonyl (C=O) groups is 2. The normalized spacial score (nSPS) is 15.3. The number of para-hydroxylation sites is 1. The highest BCUT2D eigenvalue weighted by molar-refractivity contribution is 7.92. The molecule has 35 heavy (non-hydrogen) atoms. The summed E-state index contributed by atoms with van der Waals surface area (Å²) in [5, 5.41) is 3.70. The molecule has 2 amide bonds. The third kappa shape index (κ3) is 7.70. The summed E-state index contributed by atoms with van der Waals surface area (Å²) < 4.78 is 26.2. The molecule has 0 bridgehead atoms. The summed E-state index contributed by atoms with van der Waals surface area (Å²) in [4.78, 5) is 28.5. The lowest BCUT2D eigenvalue weighted by molar-refractivity contribution is -0.140. The van der Waals surface area contributed by atoms with E-state index in [-0.39, 0.29) is 18.5 Å². The molecule has 0 radical (unpaired) electrons. The molecule has 3 rings (SSSR count). The van der Waals surface area contributed by atoms with Crippen molar-refractivity contribution in [2.45, 2.75) is 64.1 Å². The van der Waals surface area contributed by atoms with Crippen molar-refractivity contribution in [3.63, 3.8) is 0 Å². The fraction of sp³-hybridized carbons (Fsp3) is 0.462. The van der Waals surface area contributed by atoms with E-state index in [1.165, 1.54) is 11.3 Å².